The molecule has 2 aromatic carbocycles. The third kappa shape index (κ3) is 3.65. The third-order valence-electron chi connectivity index (χ3n) is 5.60. The Morgan fingerprint density at radius 2 is 1.83 bits per heavy atom. The summed E-state index contributed by atoms with van der Waals surface area (Å²) in [6.07, 6.45) is 5.92. The van der Waals surface area contributed by atoms with Crippen LogP contribution in [0.4, 0.5) is 0 Å². The number of rotatable bonds is 4. The first-order valence-corrected chi connectivity index (χ1v) is 10.6. The summed E-state index contributed by atoms with van der Waals surface area (Å²) in [6.45, 7) is 2.50. The number of piperidine rings is 1. The van der Waals surface area contributed by atoms with E-state index < -0.39 is 0 Å². The van der Waals surface area contributed by atoms with Crippen LogP contribution in [0.15, 0.2) is 60.9 Å². The van der Waals surface area contributed by atoms with Crippen LogP contribution in [-0.4, -0.2) is 42.2 Å². The molecule has 0 N–H and O–H groups in total. The molecule has 3 heterocycles. The van der Waals surface area contributed by atoms with Crippen molar-refractivity contribution in [1.29, 1.82) is 0 Å². The summed E-state index contributed by atoms with van der Waals surface area (Å²) >= 11 is 1.18. The Morgan fingerprint density at radius 1 is 1.03 bits per heavy atom. The number of hydrogen-bond acceptors (Lipinski definition) is 5. The highest BCUT2D eigenvalue weighted by Crippen LogP contribution is 2.24. The second kappa shape index (κ2) is 7.75. The van der Waals surface area contributed by atoms with Crippen LogP contribution in [0, 0.1) is 5.92 Å². The van der Waals surface area contributed by atoms with Crippen molar-refractivity contribution in [3.63, 3.8) is 0 Å². The van der Waals surface area contributed by atoms with Crippen molar-refractivity contribution in [2.45, 2.75) is 19.4 Å². The lowest BCUT2D eigenvalue weighted by molar-refractivity contribution is 0.0683. The first kappa shape index (κ1) is 18.0. The molecule has 1 aliphatic rings. The lowest BCUT2D eigenvalue weighted by Crippen LogP contribution is -2.39. The molecule has 1 fully saturated rings. The maximum atomic E-state index is 12.9. The van der Waals surface area contributed by atoms with E-state index in [0.29, 0.717) is 11.5 Å². The molecule has 0 atom stereocenters. The van der Waals surface area contributed by atoms with E-state index in [-0.39, 0.29) is 5.91 Å². The minimum absolute atomic E-state index is 0.0888. The third-order valence-corrected chi connectivity index (χ3v) is 6.16. The number of nitrogens with zero attached hydrogens (tertiary/aromatic N) is 5. The Kier molecular flexibility index (Phi) is 4.81. The largest absolute Gasteiger partial charge is 0.339 e. The first-order chi connectivity index (χ1) is 14.3. The number of carbonyl (C=O) groups is 1. The smallest absolute Gasteiger partial charge is 0.253 e. The van der Waals surface area contributed by atoms with Gasteiger partial charge in [0, 0.05) is 43.2 Å². The summed E-state index contributed by atoms with van der Waals surface area (Å²) in [5.74, 6) is 1.64. The highest BCUT2D eigenvalue weighted by molar-refractivity contribution is 7.00. The number of likely N-dealkylation sites (tertiary alicyclic amines) is 1. The Hall–Kier alpha value is -3.06. The molecule has 0 spiro atoms. The summed E-state index contributed by atoms with van der Waals surface area (Å²) in [4.78, 5) is 19.4. The molecule has 1 saturated heterocycles. The van der Waals surface area contributed by atoms with Crippen molar-refractivity contribution in [3.05, 3.63) is 66.5 Å². The molecule has 5 rings (SSSR count). The number of hydrogen-bond donors (Lipinski definition) is 0. The Bertz CT molecular complexity index is 1130. The van der Waals surface area contributed by atoms with Crippen molar-refractivity contribution < 1.29 is 4.79 Å². The zero-order valence-corrected chi connectivity index (χ0v) is 16.8. The van der Waals surface area contributed by atoms with Gasteiger partial charge in [-0.3, -0.25) is 4.79 Å². The van der Waals surface area contributed by atoms with E-state index >= 15 is 0 Å². The second-order valence-corrected chi connectivity index (χ2v) is 8.00. The summed E-state index contributed by atoms with van der Waals surface area (Å²) in [5.41, 5.74) is 3.48. The molecule has 4 aromatic rings. The zero-order valence-electron chi connectivity index (χ0n) is 15.9. The minimum atomic E-state index is 0.0888. The molecule has 0 unspecified atom stereocenters. The van der Waals surface area contributed by atoms with Gasteiger partial charge in [-0.25, -0.2) is 4.98 Å². The zero-order chi connectivity index (χ0) is 19.6. The van der Waals surface area contributed by atoms with E-state index in [4.69, 9.17) is 0 Å². The van der Waals surface area contributed by atoms with Gasteiger partial charge < -0.3 is 9.47 Å². The molecule has 1 amide bonds. The van der Waals surface area contributed by atoms with Crippen LogP contribution in [0.25, 0.3) is 22.4 Å². The summed E-state index contributed by atoms with van der Waals surface area (Å²) in [7, 11) is 0. The molecule has 6 nitrogen and oxygen atoms in total. The van der Waals surface area contributed by atoms with Crippen LogP contribution >= 0.6 is 11.7 Å². The molecule has 0 saturated carbocycles. The average molecular weight is 404 g/mol. The molecular formula is C22H21N5OS. The van der Waals surface area contributed by atoms with Gasteiger partial charge >= 0.3 is 0 Å². The lowest BCUT2D eigenvalue weighted by atomic mass is 9.96. The van der Waals surface area contributed by atoms with Gasteiger partial charge in [-0.15, -0.1) is 0 Å². The normalized spacial score (nSPS) is 15.1. The van der Waals surface area contributed by atoms with Gasteiger partial charge in [0.1, 0.15) is 16.9 Å². The predicted molar refractivity (Wildman–Crippen MR) is 114 cm³/mol. The second-order valence-electron chi connectivity index (χ2n) is 7.47. The first-order valence-electron chi connectivity index (χ1n) is 9.86. The highest BCUT2D eigenvalue weighted by atomic mass is 32.1. The molecular weight excluding hydrogens is 382 g/mol. The maximum Gasteiger partial charge on any atom is 0.253 e. The SMILES string of the molecule is O=C(c1ccc2nsnc2c1)N1CCC(Cn2ccnc2-c2ccccc2)CC1. The molecule has 1 aliphatic heterocycles. The molecule has 2 aromatic heterocycles. The number of aromatic nitrogens is 4. The van der Waals surface area contributed by atoms with E-state index in [2.05, 4.69) is 36.6 Å². The molecule has 0 bridgehead atoms. The van der Waals surface area contributed by atoms with Gasteiger partial charge in [-0.05, 0) is 37.0 Å². The topological polar surface area (TPSA) is 63.9 Å². The van der Waals surface area contributed by atoms with E-state index in [1.165, 1.54) is 11.7 Å². The predicted octanol–water partition coefficient (Wildman–Crippen LogP) is 4.11. The van der Waals surface area contributed by atoms with Gasteiger partial charge in [0.05, 0.1) is 11.7 Å². The fraction of sp³-hybridized carbons (Fsp3) is 0.273. The number of carbonyl (C=O) groups excluding carboxylic acids is 1. The Morgan fingerprint density at radius 3 is 2.66 bits per heavy atom. The van der Waals surface area contributed by atoms with Crippen LogP contribution in [0.1, 0.15) is 23.2 Å². The van der Waals surface area contributed by atoms with Crippen LogP contribution < -0.4 is 0 Å². The summed E-state index contributed by atoms with van der Waals surface area (Å²) < 4.78 is 10.7. The van der Waals surface area contributed by atoms with E-state index in [0.717, 1.165) is 54.9 Å². The van der Waals surface area contributed by atoms with Gasteiger partial charge in [-0.1, -0.05) is 30.3 Å². The van der Waals surface area contributed by atoms with Crippen molar-refractivity contribution in [2.24, 2.45) is 5.92 Å². The Balaban J connectivity index is 1.23. The van der Waals surface area contributed by atoms with Crippen LogP contribution in [-0.2, 0) is 6.54 Å². The number of amides is 1. The maximum absolute atomic E-state index is 12.9. The van der Waals surface area contributed by atoms with Gasteiger partial charge in [0.2, 0.25) is 0 Å². The Labute approximate surface area is 173 Å². The fourth-order valence-corrected chi connectivity index (χ4v) is 4.52. The van der Waals surface area contributed by atoms with Crippen LogP contribution in [0.5, 0.6) is 0 Å². The van der Waals surface area contributed by atoms with E-state index in [1.807, 2.05) is 47.5 Å². The van der Waals surface area contributed by atoms with Crippen molar-refractivity contribution in [3.8, 4) is 11.4 Å². The number of fused-ring (bicyclic) bond motifs is 1. The van der Waals surface area contributed by atoms with Crippen LogP contribution in [0.3, 0.4) is 0 Å². The van der Waals surface area contributed by atoms with Crippen molar-refractivity contribution in [1.82, 2.24) is 23.2 Å². The minimum Gasteiger partial charge on any atom is -0.339 e. The van der Waals surface area contributed by atoms with Crippen molar-refractivity contribution in [2.75, 3.05) is 13.1 Å². The van der Waals surface area contributed by atoms with Crippen LogP contribution in [0.2, 0.25) is 0 Å². The van der Waals surface area contributed by atoms with Gasteiger partial charge in [0.25, 0.3) is 5.91 Å². The molecule has 0 aliphatic carbocycles. The summed E-state index contributed by atoms with van der Waals surface area (Å²) in [6, 6.07) is 15.9. The molecule has 29 heavy (non-hydrogen) atoms. The molecule has 0 radical (unpaired) electrons. The van der Waals surface area contributed by atoms with Gasteiger partial charge in [-0.2, -0.15) is 8.75 Å². The fourth-order valence-electron chi connectivity index (χ4n) is 4.00. The highest BCUT2D eigenvalue weighted by Gasteiger charge is 2.24. The quantitative estimate of drug-likeness (QED) is 0.514. The average Bonchev–Trinajstić information content (AvgIpc) is 3.43. The number of imidazole rings is 1. The summed E-state index contributed by atoms with van der Waals surface area (Å²) in [5, 5.41) is 0. The van der Waals surface area contributed by atoms with E-state index in [9.17, 15) is 4.79 Å². The number of benzene rings is 2. The molecule has 146 valence electrons. The van der Waals surface area contributed by atoms with Crippen molar-refractivity contribution >= 4 is 28.7 Å². The standard InChI is InChI=1S/C22H21N5OS/c28-22(18-6-7-19-20(14-18)25-29-24-19)26-11-8-16(9-12-26)15-27-13-10-23-21(27)17-4-2-1-3-5-17/h1-7,10,13-14,16H,8-9,11-12,15H2. The van der Waals surface area contributed by atoms with Gasteiger partial charge in [0.15, 0.2) is 0 Å². The molecule has 7 heteroatoms. The van der Waals surface area contributed by atoms with E-state index in [1.54, 1.807) is 0 Å². The monoisotopic (exact) mass is 403 g/mol. The lowest BCUT2D eigenvalue weighted by Gasteiger charge is -2.32.